The van der Waals surface area contributed by atoms with Gasteiger partial charge in [-0.15, -0.1) is 0 Å². The van der Waals surface area contributed by atoms with Crippen LogP contribution in [-0.4, -0.2) is 24.9 Å². The number of nitriles is 1. The fraction of sp³-hybridized carbons (Fsp3) is 0.526. The number of rotatable bonds is 6. The SMILES string of the molecule is CCOC(=O)C1C2CC(Cc3cccc(F)c3)C(C#N)(C(=O)CN)C21. The third kappa shape index (κ3) is 2.73. The van der Waals surface area contributed by atoms with Crippen molar-refractivity contribution in [3.8, 4) is 6.07 Å². The Morgan fingerprint density at radius 1 is 1.48 bits per heavy atom. The molecular weight excluding hydrogens is 323 g/mol. The van der Waals surface area contributed by atoms with Gasteiger partial charge in [-0.25, -0.2) is 4.39 Å². The minimum atomic E-state index is -1.29. The van der Waals surface area contributed by atoms with E-state index in [2.05, 4.69) is 6.07 Å². The number of esters is 1. The van der Waals surface area contributed by atoms with Crippen molar-refractivity contribution in [3.05, 3.63) is 35.6 Å². The monoisotopic (exact) mass is 344 g/mol. The lowest BCUT2D eigenvalue weighted by Crippen LogP contribution is -2.43. The molecule has 0 radical (unpaired) electrons. The van der Waals surface area contributed by atoms with Gasteiger partial charge >= 0.3 is 5.97 Å². The normalized spacial score (nSPS) is 32.6. The van der Waals surface area contributed by atoms with E-state index in [0.29, 0.717) is 12.8 Å². The van der Waals surface area contributed by atoms with Crippen molar-refractivity contribution < 1.29 is 18.7 Å². The van der Waals surface area contributed by atoms with Gasteiger partial charge in [-0.1, -0.05) is 12.1 Å². The average molecular weight is 344 g/mol. The molecule has 5 nitrogen and oxygen atoms in total. The quantitative estimate of drug-likeness (QED) is 0.795. The number of fused-ring (bicyclic) bond motifs is 1. The molecule has 0 bridgehead atoms. The Hall–Kier alpha value is -2.26. The van der Waals surface area contributed by atoms with E-state index < -0.39 is 11.3 Å². The third-order valence-electron chi connectivity index (χ3n) is 5.66. The summed E-state index contributed by atoms with van der Waals surface area (Å²) < 4.78 is 18.5. The van der Waals surface area contributed by atoms with E-state index in [-0.39, 0.29) is 48.5 Å². The molecule has 1 aromatic rings. The molecule has 6 heteroatoms. The first-order valence-electron chi connectivity index (χ1n) is 8.55. The first kappa shape index (κ1) is 17.6. The number of carbonyl (C=O) groups excluding carboxylic acids is 2. The van der Waals surface area contributed by atoms with Gasteiger partial charge in [0.25, 0.3) is 0 Å². The highest BCUT2D eigenvalue weighted by Gasteiger charge is 2.74. The molecule has 0 amide bonds. The van der Waals surface area contributed by atoms with Gasteiger partial charge in [-0.3, -0.25) is 9.59 Å². The van der Waals surface area contributed by atoms with Crippen molar-refractivity contribution in [2.45, 2.75) is 19.8 Å². The molecule has 2 fully saturated rings. The number of hydrogen-bond acceptors (Lipinski definition) is 5. The zero-order valence-electron chi connectivity index (χ0n) is 14.1. The van der Waals surface area contributed by atoms with Crippen molar-refractivity contribution in [2.24, 2.45) is 34.8 Å². The van der Waals surface area contributed by atoms with Crippen molar-refractivity contribution in [2.75, 3.05) is 13.2 Å². The Morgan fingerprint density at radius 3 is 2.84 bits per heavy atom. The maximum atomic E-state index is 13.5. The predicted molar refractivity (Wildman–Crippen MR) is 87.4 cm³/mol. The highest BCUT2D eigenvalue weighted by molar-refractivity contribution is 5.93. The summed E-state index contributed by atoms with van der Waals surface area (Å²) in [7, 11) is 0. The van der Waals surface area contributed by atoms with E-state index in [1.165, 1.54) is 12.1 Å². The van der Waals surface area contributed by atoms with Crippen LogP contribution in [0.15, 0.2) is 24.3 Å². The molecule has 0 aromatic heterocycles. The summed E-state index contributed by atoms with van der Waals surface area (Å²) in [5.41, 5.74) is 5.03. The van der Waals surface area contributed by atoms with E-state index in [4.69, 9.17) is 10.5 Å². The Balaban J connectivity index is 1.89. The molecule has 1 aromatic carbocycles. The molecule has 2 saturated carbocycles. The summed E-state index contributed by atoms with van der Waals surface area (Å²) in [6.07, 6.45) is 0.990. The molecule has 132 valence electrons. The summed E-state index contributed by atoms with van der Waals surface area (Å²) in [4.78, 5) is 24.7. The number of benzene rings is 1. The second kappa shape index (κ2) is 6.57. The molecule has 0 saturated heterocycles. The fourth-order valence-corrected chi connectivity index (χ4v) is 4.64. The van der Waals surface area contributed by atoms with Crippen LogP contribution in [0.5, 0.6) is 0 Å². The number of Topliss-reactive ketones (excluding diaryl/α,β-unsaturated/α-hetero) is 1. The Labute approximate surface area is 145 Å². The van der Waals surface area contributed by atoms with Crippen LogP contribution in [0.1, 0.15) is 18.9 Å². The third-order valence-corrected chi connectivity index (χ3v) is 5.66. The summed E-state index contributed by atoms with van der Waals surface area (Å²) in [5.74, 6) is -2.08. The number of ketones is 1. The topological polar surface area (TPSA) is 93.2 Å². The molecule has 2 N–H and O–H groups in total. The average Bonchev–Trinajstić information content (AvgIpc) is 3.21. The first-order valence-corrected chi connectivity index (χ1v) is 8.55. The molecule has 5 unspecified atom stereocenters. The van der Waals surface area contributed by atoms with Crippen LogP contribution in [0, 0.1) is 46.2 Å². The van der Waals surface area contributed by atoms with Gasteiger partial charge in [0.2, 0.25) is 0 Å². The Kier molecular flexibility index (Phi) is 4.61. The lowest BCUT2D eigenvalue weighted by molar-refractivity contribution is -0.146. The highest BCUT2D eigenvalue weighted by atomic mass is 19.1. The van der Waals surface area contributed by atoms with Crippen molar-refractivity contribution in [1.82, 2.24) is 0 Å². The molecule has 0 aliphatic heterocycles. The first-order chi connectivity index (χ1) is 12.0. The molecular formula is C19H21FN2O3. The lowest BCUT2D eigenvalue weighted by Gasteiger charge is -2.31. The Bertz CT molecular complexity index is 744. The van der Waals surface area contributed by atoms with Crippen LogP contribution < -0.4 is 5.73 Å². The number of ether oxygens (including phenoxy) is 1. The molecule has 25 heavy (non-hydrogen) atoms. The number of halogens is 1. The minimum Gasteiger partial charge on any atom is -0.466 e. The van der Waals surface area contributed by atoms with Crippen LogP contribution in [0.4, 0.5) is 4.39 Å². The number of nitrogens with two attached hydrogens (primary N) is 1. The van der Waals surface area contributed by atoms with Gasteiger partial charge < -0.3 is 10.5 Å². The van der Waals surface area contributed by atoms with E-state index >= 15 is 0 Å². The van der Waals surface area contributed by atoms with Crippen LogP contribution in [0.25, 0.3) is 0 Å². The van der Waals surface area contributed by atoms with E-state index in [9.17, 15) is 19.2 Å². The van der Waals surface area contributed by atoms with Crippen LogP contribution >= 0.6 is 0 Å². The molecule has 3 rings (SSSR count). The second-order valence-corrected chi connectivity index (χ2v) is 6.84. The maximum Gasteiger partial charge on any atom is 0.309 e. The van der Waals surface area contributed by atoms with E-state index in [1.807, 2.05) is 0 Å². The van der Waals surface area contributed by atoms with Gasteiger partial charge in [0.15, 0.2) is 5.78 Å². The van der Waals surface area contributed by atoms with Gasteiger partial charge in [0.05, 0.1) is 25.1 Å². The molecule has 2 aliphatic carbocycles. The molecule has 2 aliphatic rings. The number of carbonyl (C=O) groups is 2. The van der Waals surface area contributed by atoms with E-state index in [0.717, 1.165) is 5.56 Å². The van der Waals surface area contributed by atoms with Gasteiger partial charge in [-0.2, -0.15) is 5.26 Å². The largest absolute Gasteiger partial charge is 0.466 e. The van der Waals surface area contributed by atoms with Gasteiger partial charge in [-0.05, 0) is 49.3 Å². The molecule has 0 heterocycles. The lowest BCUT2D eigenvalue weighted by atomic mass is 9.68. The van der Waals surface area contributed by atoms with Crippen molar-refractivity contribution in [1.29, 1.82) is 5.26 Å². The zero-order chi connectivity index (χ0) is 18.2. The van der Waals surface area contributed by atoms with E-state index in [1.54, 1.807) is 19.1 Å². The highest BCUT2D eigenvalue weighted by Crippen LogP contribution is 2.69. The smallest absolute Gasteiger partial charge is 0.309 e. The summed E-state index contributed by atoms with van der Waals surface area (Å²) in [5, 5.41) is 9.90. The summed E-state index contributed by atoms with van der Waals surface area (Å²) in [6.45, 7) is 1.75. The van der Waals surface area contributed by atoms with Crippen LogP contribution in [0.3, 0.4) is 0 Å². The maximum absolute atomic E-state index is 13.5. The summed E-state index contributed by atoms with van der Waals surface area (Å²) >= 11 is 0. The molecule has 5 atom stereocenters. The van der Waals surface area contributed by atoms with Crippen LogP contribution in [0.2, 0.25) is 0 Å². The number of hydrogen-bond donors (Lipinski definition) is 1. The minimum absolute atomic E-state index is 0.0345. The van der Waals surface area contributed by atoms with Gasteiger partial charge in [0.1, 0.15) is 11.2 Å². The second-order valence-electron chi connectivity index (χ2n) is 6.84. The van der Waals surface area contributed by atoms with Crippen LogP contribution in [-0.2, 0) is 20.7 Å². The molecule has 0 spiro atoms. The zero-order valence-corrected chi connectivity index (χ0v) is 14.1. The van der Waals surface area contributed by atoms with Gasteiger partial charge in [0, 0.05) is 5.92 Å². The van der Waals surface area contributed by atoms with Crippen molar-refractivity contribution in [3.63, 3.8) is 0 Å². The number of nitrogens with zero attached hydrogens (tertiary/aromatic N) is 1. The summed E-state index contributed by atoms with van der Waals surface area (Å²) in [6, 6.07) is 8.37. The Morgan fingerprint density at radius 2 is 2.24 bits per heavy atom. The fourth-order valence-electron chi connectivity index (χ4n) is 4.64. The predicted octanol–water partition coefficient (Wildman–Crippen LogP) is 1.85. The standard InChI is InChI=1S/C19H21FN2O3/c1-2-25-18(24)16-14-8-12(6-11-4-3-5-13(20)7-11)19(10-22,17(14)16)15(23)9-21/h3-5,7,12,14,16-17H,2,6,8-9,21H2,1H3. The van der Waals surface area contributed by atoms with Crippen molar-refractivity contribution >= 4 is 11.8 Å².